The van der Waals surface area contributed by atoms with Gasteiger partial charge < -0.3 is 57.2 Å². The number of sulfone groups is 1. The summed E-state index contributed by atoms with van der Waals surface area (Å²) >= 11 is 0. The lowest BCUT2D eigenvalue weighted by Gasteiger charge is -2.31. The smallest absolute Gasteiger partial charge is 0.333 e. The first-order valence-electron chi connectivity index (χ1n) is 25.2. The molecule has 0 spiro atoms. The molecule has 0 aliphatic rings. The van der Waals surface area contributed by atoms with Gasteiger partial charge in [0.2, 0.25) is 0 Å². The van der Waals surface area contributed by atoms with Gasteiger partial charge in [-0.3, -0.25) is 0 Å². The molecule has 0 aliphatic heterocycles. The number of rotatable bonds is 37. The fourth-order valence-electron chi connectivity index (χ4n) is 4.81. The zero-order valence-electron chi connectivity index (χ0n) is 48.8. The molecule has 1 unspecified atom stereocenters. The molecule has 26 heteroatoms. The van der Waals surface area contributed by atoms with Crippen LogP contribution in [0, 0.1) is 10.8 Å². The molecule has 0 amide bonds. The van der Waals surface area contributed by atoms with Gasteiger partial charge in [0.05, 0.1) is 54.1 Å². The van der Waals surface area contributed by atoms with Crippen molar-refractivity contribution in [2.75, 3.05) is 92.5 Å². The number of hydrogen-bond acceptors (Lipinski definition) is 24. The summed E-state index contributed by atoms with van der Waals surface area (Å²) in [6, 6.07) is 17.4. The van der Waals surface area contributed by atoms with Crippen LogP contribution in [0.15, 0.2) is 207 Å². The van der Waals surface area contributed by atoms with Crippen molar-refractivity contribution in [3.05, 3.63) is 198 Å². The first-order chi connectivity index (χ1) is 41.2. The number of aliphatic hydroxyl groups is 1. The Bertz CT molecular complexity index is 2590. The molecule has 0 radical (unpaired) electrons. The van der Waals surface area contributed by atoms with Gasteiger partial charge in [-0.05, 0) is 38.1 Å². The summed E-state index contributed by atoms with van der Waals surface area (Å²) in [5.74, 6) is -6.06. The Morgan fingerprint density at radius 3 is 0.943 bits per heavy atom. The minimum atomic E-state index is -3.23. The molecule has 476 valence electrons. The second-order valence-electron chi connectivity index (χ2n) is 16.7. The van der Waals surface area contributed by atoms with Gasteiger partial charge in [-0.1, -0.05) is 109 Å². The van der Waals surface area contributed by atoms with E-state index in [0.29, 0.717) is 37.6 Å². The molecule has 2 aromatic carbocycles. The standard InChI is InChI=1S/C17H20O8.C14H18O7.C14H22O6.C8H8O2S.C8H8OS/c1-5-13(18)22-9-17(10-23-14(19)6-2,11-24-15(20)7-3)12-25-16(21)8-4;1-4-11(16)19-8-14(7-15,9-20-12(17)5-2)10-21-13(18)6-3;1-11(2)13(15)19-9-7-17-5-6-18-8-10-20-14(16)12(3)4;1-2-11(9,10)8-6-4-3-5-7-8;1-2-10(9)8-6-4-3-5-7-8/h5-8H,1-4,9-12H2;4-6,15H,1-3,7-10H2;1,3,5-10H2,2,4H3;2-7H,1H2;2-7H,1H2. The van der Waals surface area contributed by atoms with Crippen molar-refractivity contribution < 1.29 is 113 Å². The number of hydrogen-bond donors (Lipinski definition) is 1. The molecular weight excluding hydrogens is 1180 g/mol. The van der Waals surface area contributed by atoms with E-state index in [1.54, 1.807) is 32.0 Å². The van der Waals surface area contributed by atoms with Crippen molar-refractivity contribution in [2.45, 2.75) is 23.6 Å². The number of esters is 9. The summed E-state index contributed by atoms with van der Waals surface area (Å²) in [4.78, 5) is 102. The SMILES string of the molecule is C=C(C)C(=O)OCCOCCOCCOC(=O)C(=C)C.C=CC(=O)OCC(CO)(COC(=O)C=C)COC(=O)C=C.C=CC(=O)OCC(COC(=O)C=C)(COC(=O)C=C)COC(=O)C=C.C=CS(=O)(=O)c1ccccc1.C=CS(=O)c1ccccc1. The van der Waals surface area contributed by atoms with Gasteiger partial charge in [0, 0.05) is 69.4 Å². The van der Waals surface area contributed by atoms with E-state index in [-0.39, 0.29) is 64.4 Å². The Labute approximate surface area is 509 Å². The van der Waals surface area contributed by atoms with Crippen molar-refractivity contribution in [3.63, 3.8) is 0 Å². The van der Waals surface area contributed by atoms with Crippen LogP contribution in [-0.2, 0) is 116 Å². The highest BCUT2D eigenvalue weighted by atomic mass is 32.2. The van der Waals surface area contributed by atoms with Crippen LogP contribution in [0.25, 0.3) is 0 Å². The van der Waals surface area contributed by atoms with E-state index in [2.05, 4.69) is 72.4 Å². The quantitative estimate of drug-likeness (QED) is 0.0359. The summed E-state index contributed by atoms with van der Waals surface area (Å²) in [5, 5.41) is 11.9. The number of benzene rings is 2. The molecule has 2 rings (SSSR count). The third-order valence-electron chi connectivity index (χ3n) is 9.56. The van der Waals surface area contributed by atoms with E-state index in [9.17, 15) is 60.9 Å². The topological polar surface area (TPSA) is 327 Å². The molecule has 1 N–H and O–H groups in total. The van der Waals surface area contributed by atoms with Gasteiger partial charge in [0.15, 0.2) is 9.84 Å². The molecule has 0 heterocycles. The maximum atomic E-state index is 11.3. The number of carbonyl (C=O) groups excluding carboxylic acids is 9. The normalized spacial score (nSPS) is 10.4. The minimum absolute atomic E-state index is 0.182. The van der Waals surface area contributed by atoms with E-state index in [4.69, 9.17) is 52.1 Å². The predicted molar refractivity (Wildman–Crippen MR) is 320 cm³/mol. The average molecular weight is 1260 g/mol. The molecule has 0 saturated carbocycles. The molecule has 2 aromatic rings. The molecule has 87 heavy (non-hydrogen) atoms. The zero-order valence-corrected chi connectivity index (χ0v) is 50.4. The van der Waals surface area contributed by atoms with E-state index < -0.39 is 91.8 Å². The Morgan fingerprint density at radius 2 is 0.701 bits per heavy atom. The first kappa shape index (κ1) is 82.0. The highest BCUT2D eigenvalue weighted by Gasteiger charge is 2.38. The van der Waals surface area contributed by atoms with Crippen molar-refractivity contribution in [2.24, 2.45) is 10.8 Å². The lowest BCUT2D eigenvalue weighted by molar-refractivity contribution is -0.165. The van der Waals surface area contributed by atoms with Crippen molar-refractivity contribution >= 4 is 74.4 Å². The Kier molecular flexibility index (Phi) is 46.3. The van der Waals surface area contributed by atoms with E-state index >= 15 is 0 Å². The molecule has 0 fully saturated rings. The van der Waals surface area contributed by atoms with E-state index in [1.165, 1.54) is 17.5 Å². The van der Waals surface area contributed by atoms with Gasteiger partial charge in [0.1, 0.15) is 64.9 Å². The molecule has 0 aliphatic carbocycles. The van der Waals surface area contributed by atoms with Gasteiger partial charge >= 0.3 is 53.7 Å². The number of aliphatic hydroxyl groups excluding tert-OH is 1. The summed E-state index contributed by atoms with van der Waals surface area (Å²) in [5.41, 5.74) is -1.90. The van der Waals surface area contributed by atoms with Gasteiger partial charge in [-0.2, -0.15) is 0 Å². The van der Waals surface area contributed by atoms with Gasteiger partial charge in [-0.25, -0.2) is 55.8 Å². The molecular formula is C61H76O24S2. The third kappa shape index (κ3) is 41.5. The van der Waals surface area contributed by atoms with Crippen LogP contribution in [0.3, 0.4) is 0 Å². The molecule has 24 nitrogen and oxygen atoms in total. The van der Waals surface area contributed by atoms with Crippen LogP contribution in [0.5, 0.6) is 0 Å². The van der Waals surface area contributed by atoms with Crippen molar-refractivity contribution in [1.82, 2.24) is 0 Å². The minimum Gasteiger partial charge on any atom is -0.462 e. The van der Waals surface area contributed by atoms with E-state index in [0.717, 1.165) is 52.8 Å². The Balaban J connectivity index is -0.00000105. The maximum absolute atomic E-state index is 11.3. The summed E-state index contributed by atoms with van der Waals surface area (Å²) in [6.07, 6.45) is 6.50. The monoisotopic (exact) mass is 1260 g/mol. The Morgan fingerprint density at radius 1 is 0.437 bits per heavy atom. The van der Waals surface area contributed by atoms with Crippen LogP contribution in [0.2, 0.25) is 0 Å². The van der Waals surface area contributed by atoms with Crippen molar-refractivity contribution in [1.29, 1.82) is 0 Å². The predicted octanol–water partition coefficient (Wildman–Crippen LogP) is 5.84. The van der Waals surface area contributed by atoms with Crippen LogP contribution in [0.1, 0.15) is 13.8 Å². The zero-order chi connectivity index (χ0) is 66.7. The van der Waals surface area contributed by atoms with Crippen LogP contribution < -0.4 is 0 Å². The molecule has 0 bridgehead atoms. The highest BCUT2D eigenvalue weighted by molar-refractivity contribution is 7.94. The van der Waals surface area contributed by atoms with Crippen LogP contribution >= 0.6 is 0 Å². The number of ether oxygens (including phenoxy) is 11. The van der Waals surface area contributed by atoms with E-state index in [1.807, 2.05) is 30.3 Å². The average Bonchev–Trinajstić information content (AvgIpc) is 3.64. The number of carbonyl (C=O) groups is 9. The Hall–Kier alpha value is -9.21. The lowest BCUT2D eigenvalue weighted by Crippen LogP contribution is -2.43. The summed E-state index contributed by atoms with van der Waals surface area (Å²) in [6.45, 7) is 38.1. The third-order valence-corrected chi connectivity index (χ3v) is 12.0. The van der Waals surface area contributed by atoms with Gasteiger partial charge in [-0.15, -0.1) is 0 Å². The highest BCUT2D eigenvalue weighted by Crippen LogP contribution is 2.22. The van der Waals surface area contributed by atoms with Crippen molar-refractivity contribution in [3.8, 4) is 0 Å². The fourth-order valence-corrected chi connectivity index (χ4v) is 6.15. The second kappa shape index (κ2) is 49.1. The molecule has 0 saturated heterocycles. The first-order valence-corrected chi connectivity index (χ1v) is 27.9. The summed E-state index contributed by atoms with van der Waals surface area (Å²) in [7, 11) is -4.26. The fraction of sp³-hybridized carbons (Fsp3) is 0.295. The lowest BCUT2D eigenvalue weighted by atomic mass is 9.92. The second-order valence-corrected chi connectivity index (χ2v) is 20.0. The largest absolute Gasteiger partial charge is 0.462 e. The maximum Gasteiger partial charge on any atom is 0.333 e. The van der Waals surface area contributed by atoms with Gasteiger partial charge in [0.25, 0.3) is 0 Å². The van der Waals surface area contributed by atoms with Crippen LogP contribution in [0.4, 0.5) is 0 Å². The molecule has 0 aromatic heterocycles. The summed E-state index contributed by atoms with van der Waals surface area (Å²) < 4.78 is 87.4. The van der Waals surface area contributed by atoms with Crippen LogP contribution in [-0.4, -0.2) is 164 Å². The molecule has 1 atom stereocenters.